The normalized spacial score (nSPS) is 14.4. The molecule has 5 aromatic rings. The largest absolute Gasteiger partial charge is 0.293 e. The minimum absolute atomic E-state index is 0. The van der Waals surface area contributed by atoms with Crippen molar-refractivity contribution in [2.45, 2.75) is 0 Å². The van der Waals surface area contributed by atoms with Crippen molar-refractivity contribution in [3.63, 3.8) is 0 Å². The van der Waals surface area contributed by atoms with Gasteiger partial charge in [0, 0.05) is 22.3 Å². The Morgan fingerprint density at radius 2 is 0.619 bits per heavy atom. The molecule has 5 aromatic carbocycles. The zero-order valence-electron chi connectivity index (χ0n) is 23.0. The van der Waals surface area contributed by atoms with Gasteiger partial charge in [-0.05, 0) is 70.2 Å². The summed E-state index contributed by atoms with van der Waals surface area (Å²) in [7, 11) is 0. The average Bonchev–Trinajstić information content (AvgIpc) is 3.59. The van der Waals surface area contributed by atoms with E-state index in [0.29, 0.717) is 0 Å². The number of carbonyl (C=O) groups is 1. The molecule has 0 unspecified atom stereocenters. The van der Waals surface area contributed by atoms with Gasteiger partial charge >= 0.3 is 0 Å². The molecule has 0 spiro atoms. The van der Waals surface area contributed by atoms with Crippen molar-refractivity contribution in [2.24, 2.45) is 0 Å². The smallest absolute Gasteiger partial charge is 0.170 e. The van der Waals surface area contributed by atoms with Gasteiger partial charge in [0.05, 0.1) is 5.92 Å². The molecule has 2 aliphatic rings. The summed E-state index contributed by atoms with van der Waals surface area (Å²) in [4.78, 5) is 11.7. The van der Waals surface area contributed by atoms with Crippen molar-refractivity contribution >= 4 is 28.1 Å². The minimum atomic E-state index is 0. The molecule has 0 saturated heterocycles. The second-order valence-electron chi connectivity index (χ2n) is 9.83. The maximum Gasteiger partial charge on any atom is 0.170 e. The van der Waals surface area contributed by atoms with Crippen molar-refractivity contribution in [1.29, 1.82) is 0 Å². The molecule has 0 bridgehead atoms. The van der Waals surface area contributed by atoms with E-state index < -0.39 is 0 Å². The van der Waals surface area contributed by atoms with Crippen LogP contribution in [0.1, 0.15) is 32.6 Å². The van der Waals surface area contributed by atoms with Crippen LogP contribution in [-0.2, 0) is 16.8 Å². The van der Waals surface area contributed by atoms with Crippen LogP contribution in [-0.4, -0.2) is 5.78 Å². The predicted molar refractivity (Wildman–Crippen MR) is 171 cm³/mol. The van der Waals surface area contributed by atoms with Gasteiger partial charge in [0.15, 0.2) is 5.78 Å². The molecule has 42 heavy (non-hydrogen) atoms. The van der Waals surface area contributed by atoms with Crippen LogP contribution in [0.5, 0.6) is 0 Å². The summed E-state index contributed by atoms with van der Waals surface area (Å²) in [6.45, 7) is 0. The van der Waals surface area contributed by atoms with Crippen LogP contribution < -0.4 is 0 Å². The average molecular weight is 585 g/mol. The maximum absolute atomic E-state index is 11.7. The van der Waals surface area contributed by atoms with Crippen LogP contribution in [0.15, 0.2) is 152 Å². The van der Waals surface area contributed by atoms with E-state index in [1.165, 1.54) is 44.5 Å². The quantitative estimate of drug-likeness (QED) is 0.182. The molecule has 0 aromatic heterocycles. The molecule has 7 rings (SSSR count). The SMILES string of the molecule is O=C([C]1[CH][CH][CH][CH]1)c1ccccc1.[Co].c1ccc(C2=C(c3ccccc3)C(c3ccccc3)=C2c2ccccc2)cc1. The van der Waals surface area contributed by atoms with Gasteiger partial charge in [-0.15, -0.1) is 0 Å². The first-order valence-electron chi connectivity index (χ1n) is 13.8. The second kappa shape index (κ2) is 14.1. The second-order valence-corrected chi connectivity index (χ2v) is 9.83. The van der Waals surface area contributed by atoms with Gasteiger partial charge in [0.25, 0.3) is 0 Å². The summed E-state index contributed by atoms with van der Waals surface area (Å²) < 4.78 is 0. The Labute approximate surface area is 259 Å². The monoisotopic (exact) mass is 584 g/mol. The van der Waals surface area contributed by atoms with Crippen molar-refractivity contribution in [3.8, 4) is 0 Å². The van der Waals surface area contributed by atoms with Crippen LogP contribution in [0.2, 0.25) is 0 Å². The number of benzene rings is 5. The van der Waals surface area contributed by atoms with Gasteiger partial charge in [0.1, 0.15) is 0 Å². The van der Waals surface area contributed by atoms with E-state index in [0.717, 1.165) is 11.5 Å². The molecule has 1 saturated carbocycles. The molecule has 6 radical (unpaired) electrons. The van der Waals surface area contributed by atoms with E-state index in [2.05, 4.69) is 121 Å². The molecule has 0 N–H and O–H groups in total. The molecular weight excluding hydrogens is 555 g/mol. The molecular formula is C40H29CoO. The molecule has 1 nitrogen and oxygen atoms in total. The topological polar surface area (TPSA) is 17.1 Å². The minimum Gasteiger partial charge on any atom is -0.293 e. The van der Waals surface area contributed by atoms with Crippen LogP contribution in [0, 0.1) is 31.6 Å². The molecule has 1 fully saturated rings. The van der Waals surface area contributed by atoms with Gasteiger partial charge in [-0.2, -0.15) is 0 Å². The van der Waals surface area contributed by atoms with Crippen molar-refractivity contribution in [2.75, 3.05) is 0 Å². The van der Waals surface area contributed by atoms with Crippen LogP contribution >= 0.6 is 0 Å². The fraction of sp³-hybridized carbons (Fsp3) is 0. The fourth-order valence-corrected chi connectivity index (χ4v) is 5.29. The third-order valence-electron chi connectivity index (χ3n) is 7.21. The Morgan fingerprint density at radius 1 is 0.357 bits per heavy atom. The van der Waals surface area contributed by atoms with E-state index >= 15 is 0 Å². The summed E-state index contributed by atoms with van der Waals surface area (Å²) >= 11 is 0. The number of ketones is 1. The van der Waals surface area contributed by atoms with Crippen molar-refractivity contribution in [1.82, 2.24) is 0 Å². The summed E-state index contributed by atoms with van der Waals surface area (Å²) in [6.07, 6.45) is 7.40. The Balaban J connectivity index is 0.000000212. The van der Waals surface area contributed by atoms with Crippen LogP contribution in [0.3, 0.4) is 0 Å². The molecule has 2 aliphatic carbocycles. The first-order chi connectivity index (χ1) is 20.3. The zero-order valence-corrected chi connectivity index (χ0v) is 24.0. The number of Topliss-reactive ketones (excluding diaryl/α,β-unsaturated/α-hetero) is 1. The summed E-state index contributed by atoms with van der Waals surface area (Å²) in [6, 6.07) is 52.3. The summed E-state index contributed by atoms with van der Waals surface area (Å²) in [5.41, 5.74) is 11.1. The molecule has 2 heteroatoms. The predicted octanol–water partition coefficient (Wildman–Crippen LogP) is 9.49. The molecule has 0 aliphatic heterocycles. The summed E-state index contributed by atoms with van der Waals surface area (Å²) in [5, 5.41) is 0. The molecule has 0 atom stereocenters. The molecule has 204 valence electrons. The van der Waals surface area contributed by atoms with E-state index in [1.807, 2.05) is 56.0 Å². The third kappa shape index (κ3) is 6.31. The van der Waals surface area contributed by atoms with Crippen molar-refractivity contribution < 1.29 is 21.6 Å². The molecule has 0 heterocycles. The van der Waals surface area contributed by atoms with Crippen LogP contribution in [0.25, 0.3) is 22.3 Å². The number of carbonyl (C=O) groups excluding carboxylic acids is 1. The van der Waals surface area contributed by atoms with Gasteiger partial charge in [-0.3, -0.25) is 4.79 Å². The summed E-state index contributed by atoms with van der Waals surface area (Å²) in [5.74, 6) is 0.844. The zero-order chi connectivity index (χ0) is 27.9. The maximum atomic E-state index is 11.7. The van der Waals surface area contributed by atoms with Gasteiger partial charge in [-0.1, -0.05) is 152 Å². The van der Waals surface area contributed by atoms with E-state index in [1.54, 1.807) is 0 Å². The number of hydrogen-bond donors (Lipinski definition) is 0. The standard InChI is InChI=1S/C28H20.C12H9O.Co/c1-5-13-21(14-6-1)25-26(22-15-7-2-8-16-22)28(24-19-11-4-12-20-24)27(25)23-17-9-3-10-18-23;13-12(11-8-4-5-9-11)10-6-2-1-3-7-10;/h1-20H;1-9H;. The van der Waals surface area contributed by atoms with Gasteiger partial charge in [0.2, 0.25) is 0 Å². The third-order valence-corrected chi connectivity index (χ3v) is 7.21. The van der Waals surface area contributed by atoms with E-state index in [4.69, 9.17) is 0 Å². The van der Waals surface area contributed by atoms with Crippen LogP contribution in [0.4, 0.5) is 0 Å². The van der Waals surface area contributed by atoms with Gasteiger partial charge < -0.3 is 0 Å². The molecule has 0 amide bonds. The Hall–Kier alpha value is -4.24. The Kier molecular flexibility index (Phi) is 9.81. The number of rotatable bonds is 6. The number of allylic oxidation sites excluding steroid dienone is 4. The first-order valence-corrected chi connectivity index (χ1v) is 13.8. The Bertz CT molecular complexity index is 1450. The Morgan fingerprint density at radius 3 is 0.905 bits per heavy atom. The van der Waals surface area contributed by atoms with E-state index in [9.17, 15) is 4.79 Å². The van der Waals surface area contributed by atoms with E-state index in [-0.39, 0.29) is 22.6 Å². The number of hydrogen-bond acceptors (Lipinski definition) is 1. The van der Waals surface area contributed by atoms with Gasteiger partial charge in [-0.25, -0.2) is 0 Å². The fourth-order valence-electron chi connectivity index (χ4n) is 5.29. The van der Waals surface area contributed by atoms with Crippen molar-refractivity contribution in [3.05, 3.63) is 211 Å². The first kappa shape index (κ1) is 29.3.